The highest BCUT2D eigenvalue weighted by atomic mass is 16.6. The van der Waals surface area contributed by atoms with E-state index < -0.39 is 6.29 Å². The molecule has 1 unspecified atom stereocenters. The molecular formula is C9H11BO2. The van der Waals surface area contributed by atoms with Crippen LogP contribution in [0.15, 0.2) is 18.2 Å². The van der Waals surface area contributed by atoms with Gasteiger partial charge in [0.1, 0.15) is 7.85 Å². The van der Waals surface area contributed by atoms with E-state index in [9.17, 15) is 5.11 Å². The van der Waals surface area contributed by atoms with Crippen LogP contribution in [0.2, 0.25) is 0 Å². The maximum atomic E-state index is 9.36. The molecule has 2 nitrogen and oxygen atoms in total. The van der Waals surface area contributed by atoms with E-state index in [2.05, 4.69) is 0 Å². The van der Waals surface area contributed by atoms with Gasteiger partial charge in [-0.15, -0.1) is 0 Å². The van der Waals surface area contributed by atoms with Gasteiger partial charge in [-0.05, 0) is 12.5 Å². The molecule has 0 saturated carbocycles. The van der Waals surface area contributed by atoms with Crippen LogP contribution in [0, 0.1) is 6.92 Å². The number of aryl methyl sites for hydroxylation is 1. The van der Waals surface area contributed by atoms with Crippen molar-refractivity contribution in [1.82, 2.24) is 0 Å². The van der Waals surface area contributed by atoms with Gasteiger partial charge in [0, 0.05) is 12.7 Å². The van der Waals surface area contributed by atoms with Crippen molar-refractivity contribution in [1.29, 1.82) is 0 Å². The van der Waals surface area contributed by atoms with Crippen molar-refractivity contribution < 1.29 is 9.84 Å². The lowest BCUT2D eigenvalue weighted by Gasteiger charge is -2.12. The summed E-state index contributed by atoms with van der Waals surface area (Å²) in [6.07, 6.45) is -0.881. The van der Waals surface area contributed by atoms with Crippen molar-refractivity contribution in [3.05, 3.63) is 29.3 Å². The number of aliphatic hydroxyl groups is 1. The Bertz CT molecular complexity index is 273. The normalized spacial score (nSPS) is 12.9. The SMILES string of the molecule is [B]c1ccc(C)c(C(O)OC)c1. The number of hydrogen-bond acceptors (Lipinski definition) is 2. The van der Waals surface area contributed by atoms with Crippen LogP contribution in [-0.4, -0.2) is 20.1 Å². The number of hydrogen-bond donors (Lipinski definition) is 1. The Morgan fingerprint density at radius 3 is 2.75 bits per heavy atom. The van der Waals surface area contributed by atoms with Gasteiger partial charge in [-0.1, -0.05) is 23.7 Å². The zero-order chi connectivity index (χ0) is 9.14. The molecule has 12 heavy (non-hydrogen) atoms. The molecule has 0 aliphatic rings. The molecule has 1 N–H and O–H groups in total. The Hall–Kier alpha value is -0.795. The fraction of sp³-hybridized carbons (Fsp3) is 0.333. The predicted molar refractivity (Wildman–Crippen MR) is 48.5 cm³/mol. The monoisotopic (exact) mass is 162 g/mol. The number of benzene rings is 1. The molecule has 0 aliphatic carbocycles. The Balaban J connectivity index is 3.04. The van der Waals surface area contributed by atoms with Gasteiger partial charge in [0.25, 0.3) is 0 Å². The molecule has 1 aromatic carbocycles. The lowest BCUT2D eigenvalue weighted by molar-refractivity contribution is -0.0772. The van der Waals surface area contributed by atoms with Gasteiger partial charge in [0.15, 0.2) is 6.29 Å². The van der Waals surface area contributed by atoms with E-state index in [1.807, 2.05) is 13.0 Å². The molecule has 0 aromatic heterocycles. The first-order valence-corrected chi connectivity index (χ1v) is 3.72. The van der Waals surface area contributed by atoms with Gasteiger partial charge < -0.3 is 9.84 Å². The van der Waals surface area contributed by atoms with Crippen LogP contribution in [0.1, 0.15) is 17.4 Å². The second-order valence-electron chi connectivity index (χ2n) is 2.70. The maximum Gasteiger partial charge on any atom is 0.181 e. The van der Waals surface area contributed by atoms with Gasteiger partial charge in [-0.3, -0.25) is 0 Å². The van der Waals surface area contributed by atoms with Crippen LogP contribution in [0.4, 0.5) is 0 Å². The first-order valence-electron chi connectivity index (χ1n) is 3.72. The zero-order valence-electron chi connectivity index (χ0n) is 7.24. The van der Waals surface area contributed by atoms with E-state index in [1.54, 1.807) is 12.1 Å². The van der Waals surface area contributed by atoms with Crippen molar-refractivity contribution in [3.63, 3.8) is 0 Å². The van der Waals surface area contributed by atoms with E-state index in [4.69, 9.17) is 12.6 Å². The van der Waals surface area contributed by atoms with Crippen molar-refractivity contribution in [2.24, 2.45) is 0 Å². The average molecular weight is 162 g/mol. The Morgan fingerprint density at radius 2 is 2.17 bits per heavy atom. The van der Waals surface area contributed by atoms with Crippen molar-refractivity contribution >= 4 is 13.3 Å². The zero-order valence-corrected chi connectivity index (χ0v) is 7.24. The molecule has 0 amide bonds. The molecule has 0 saturated heterocycles. The van der Waals surface area contributed by atoms with Gasteiger partial charge in [-0.2, -0.15) is 0 Å². The lowest BCUT2D eigenvalue weighted by Crippen LogP contribution is -2.09. The van der Waals surface area contributed by atoms with E-state index >= 15 is 0 Å². The summed E-state index contributed by atoms with van der Waals surface area (Å²) >= 11 is 0. The number of methoxy groups -OCH3 is 1. The van der Waals surface area contributed by atoms with Crippen LogP contribution >= 0.6 is 0 Å². The molecule has 62 valence electrons. The third-order valence-corrected chi connectivity index (χ3v) is 1.79. The van der Waals surface area contributed by atoms with Gasteiger partial charge >= 0.3 is 0 Å². The fourth-order valence-corrected chi connectivity index (χ4v) is 1.05. The minimum absolute atomic E-state index is 0.631. The number of aliphatic hydroxyl groups excluding tert-OH is 1. The number of rotatable bonds is 2. The maximum absolute atomic E-state index is 9.36. The molecule has 1 rings (SSSR count). The third-order valence-electron chi connectivity index (χ3n) is 1.79. The Kier molecular flexibility index (Phi) is 2.90. The molecule has 0 fully saturated rings. The van der Waals surface area contributed by atoms with Crippen LogP contribution in [0.5, 0.6) is 0 Å². The van der Waals surface area contributed by atoms with Crippen LogP contribution in [0.3, 0.4) is 0 Å². The van der Waals surface area contributed by atoms with Gasteiger partial charge in [-0.25, -0.2) is 0 Å². The second kappa shape index (κ2) is 3.74. The highest BCUT2D eigenvalue weighted by molar-refractivity contribution is 6.32. The number of ether oxygens (including phenoxy) is 1. The topological polar surface area (TPSA) is 29.5 Å². The first-order chi connectivity index (χ1) is 5.65. The third kappa shape index (κ3) is 1.87. The largest absolute Gasteiger partial charge is 0.364 e. The molecule has 2 radical (unpaired) electrons. The summed E-state index contributed by atoms with van der Waals surface area (Å²) in [6, 6.07) is 5.36. The van der Waals surface area contributed by atoms with E-state index in [1.165, 1.54) is 7.11 Å². The minimum Gasteiger partial charge on any atom is -0.364 e. The highest BCUT2D eigenvalue weighted by Crippen LogP contribution is 2.15. The fourth-order valence-electron chi connectivity index (χ4n) is 1.05. The second-order valence-corrected chi connectivity index (χ2v) is 2.70. The molecule has 1 aromatic rings. The molecule has 3 heteroatoms. The van der Waals surface area contributed by atoms with Crippen LogP contribution in [-0.2, 0) is 4.74 Å². The summed E-state index contributed by atoms with van der Waals surface area (Å²) in [4.78, 5) is 0. The summed E-state index contributed by atoms with van der Waals surface area (Å²) in [5, 5.41) is 9.36. The summed E-state index contributed by atoms with van der Waals surface area (Å²) in [5.41, 5.74) is 2.32. The van der Waals surface area contributed by atoms with Gasteiger partial charge in [0.05, 0.1) is 0 Å². The molecule has 0 heterocycles. The Labute approximate surface area is 73.6 Å². The summed E-state index contributed by atoms with van der Waals surface area (Å²) in [5.74, 6) is 0. The average Bonchev–Trinajstić information content (AvgIpc) is 2.08. The summed E-state index contributed by atoms with van der Waals surface area (Å²) in [7, 11) is 7.00. The van der Waals surface area contributed by atoms with Crippen molar-refractivity contribution in [2.45, 2.75) is 13.2 Å². The van der Waals surface area contributed by atoms with Crippen LogP contribution < -0.4 is 5.46 Å². The molecule has 0 spiro atoms. The minimum atomic E-state index is -0.881. The summed E-state index contributed by atoms with van der Waals surface area (Å²) in [6.45, 7) is 1.90. The van der Waals surface area contributed by atoms with Crippen LogP contribution in [0.25, 0.3) is 0 Å². The molecule has 0 aliphatic heterocycles. The molecular weight excluding hydrogens is 151 g/mol. The molecule has 0 bridgehead atoms. The summed E-state index contributed by atoms with van der Waals surface area (Å²) < 4.78 is 4.77. The van der Waals surface area contributed by atoms with Crippen molar-refractivity contribution in [3.8, 4) is 0 Å². The predicted octanol–water partition coefficient (Wildman–Crippen LogP) is 0.426. The van der Waals surface area contributed by atoms with Crippen molar-refractivity contribution in [2.75, 3.05) is 7.11 Å². The smallest absolute Gasteiger partial charge is 0.181 e. The van der Waals surface area contributed by atoms with E-state index in [-0.39, 0.29) is 0 Å². The van der Waals surface area contributed by atoms with E-state index in [0.29, 0.717) is 5.46 Å². The van der Waals surface area contributed by atoms with Gasteiger partial charge in [0.2, 0.25) is 0 Å². The Morgan fingerprint density at radius 1 is 1.50 bits per heavy atom. The lowest BCUT2D eigenvalue weighted by atomic mass is 9.92. The standard InChI is InChI=1S/C9H11BO2/c1-6-3-4-7(10)5-8(6)9(11)12-2/h3-5,9,11H,1-2H3. The van der Waals surface area contributed by atoms with E-state index in [0.717, 1.165) is 11.1 Å². The quantitative estimate of drug-likeness (QED) is 0.504. The highest BCUT2D eigenvalue weighted by Gasteiger charge is 2.07. The molecule has 1 atom stereocenters. The first kappa shape index (κ1) is 9.29.